The third-order valence-electron chi connectivity index (χ3n) is 5.85. The summed E-state index contributed by atoms with van der Waals surface area (Å²) in [5.41, 5.74) is 2.80. The molecule has 0 saturated carbocycles. The van der Waals surface area contributed by atoms with E-state index in [1.54, 1.807) is 31.2 Å². The predicted octanol–water partition coefficient (Wildman–Crippen LogP) is 3.72. The quantitative estimate of drug-likeness (QED) is 0.651. The second-order valence-corrected chi connectivity index (χ2v) is 10.4. The zero-order valence-corrected chi connectivity index (χ0v) is 20.1. The molecule has 1 heterocycles. The second kappa shape index (κ2) is 10.3. The smallest absolute Gasteiger partial charge is 0.261 e. The summed E-state index contributed by atoms with van der Waals surface area (Å²) in [6.07, 6.45) is 4.24. The molecule has 2 aromatic carbocycles. The Morgan fingerprint density at radius 3 is 2.16 bits per heavy atom. The largest absolute Gasteiger partial charge is 0.481 e. The van der Waals surface area contributed by atoms with Crippen LogP contribution in [0.1, 0.15) is 44.7 Å². The van der Waals surface area contributed by atoms with Crippen molar-refractivity contribution in [3.05, 3.63) is 54.1 Å². The highest BCUT2D eigenvalue weighted by Gasteiger charge is 2.19. The molecule has 3 rings (SSSR count). The Kier molecular flexibility index (Phi) is 7.66. The lowest BCUT2D eigenvalue weighted by molar-refractivity contribution is -0.127. The number of nitrogens with one attached hydrogen (secondary N) is 1. The first-order chi connectivity index (χ1) is 15.1. The van der Waals surface area contributed by atoms with Gasteiger partial charge in [0.15, 0.2) is 6.10 Å². The van der Waals surface area contributed by atoms with Gasteiger partial charge >= 0.3 is 0 Å². The van der Waals surface area contributed by atoms with E-state index in [1.807, 2.05) is 6.92 Å². The Morgan fingerprint density at radius 1 is 1.00 bits per heavy atom. The van der Waals surface area contributed by atoms with Gasteiger partial charge < -0.3 is 15.0 Å². The number of sulfonamides is 1. The van der Waals surface area contributed by atoms with Gasteiger partial charge in [-0.3, -0.25) is 9.10 Å². The third-order valence-corrected chi connectivity index (χ3v) is 7.06. The molecule has 8 heteroatoms. The maximum atomic E-state index is 12.6. The Balaban J connectivity index is 1.54. The van der Waals surface area contributed by atoms with E-state index in [-0.39, 0.29) is 11.9 Å². The zero-order chi connectivity index (χ0) is 23.3. The molecule has 0 bridgehead atoms. The summed E-state index contributed by atoms with van der Waals surface area (Å²) in [5, 5.41) is 3.00. The van der Waals surface area contributed by atoms with E-state index < -0.39 is 16.1 Å². The first-order valence-electron chi connectivity index (χ1n) is 11.0. The Labute approximate surface area is 191 Å². The van der Waals surface area contributed by atoms with Crippen LogP contribution < -0.4 is 19.3 Å². The van der Waals surface area contributed by atoms with E-state index >= 15 is 0 Å². The Morgan fingerprint density at radius 2 is 1.59 bits per heavy atom. The number of anilines is 2. The lowest BCUT2D eigenvalue weighted by Crippen LogP contribution is -2.37. The highest BCUT2D eigenvalue weighted by Crippen LogP contribution is 2.23. The summed E-state index contributed by atoms with van der Waals surface area (Å²) in [5.74, 6) is 0.284. The maximum Gasteiger partial charge on any atom is 0.261 e. The molecule has 1 aliphatic rings. The van der Waals surface area contributed by atoms with E-state index in [9.17, 15) is 13.2 Å². The molecular weight excluding hydrogens is 426 g/mol. The molecule has 0 aliphatic carbocycles. The molecular formula is C24H33N3O4S. The standard InChI is InChI=1S/C24H33N3O4S/c1-18(20-8-10-22(11-9-20)27-16-6-5-7-17-27)25-24(28)19(2)31-23-14-12-21(13-15-23)26(3)32(4,29)30/h8-15,18-19H,5-7,16-17H2,1-4H3,(H,25,28)/t18-,19+/m1/s1. The number of ether oxygens (including phenoxy) is 1. The van der Waals surface area contributed by atoms with Crippen LogP contribution in [0.5, 0.6) is 5.75 Å². The minimum absolute atomic E-state index is 0.144. The fourth-order valence-electron chi connectivity index (χ4n) is 3.72. The van der Waals surface area contributed by atoms with Crippen molar-refractivity contribution >= 4 is 27.3 Å². The van der Waals surface area contributed by atoms with Crippen molar-refractivity contribution in [3.63, 3.8) is 0 Å². The van der Waals surface area contributed by atoms with E-state index in [0.717, 1.165) is 24.9 Å². The summed E-state index contributed by atoms with van der Waals surface area (Å²) in [6, 6.07) is 14.8. The van der Waals surface area contributed by atoms with Crippen LogP contribution in [-0.4, -0.2) is 46.8 Å². The number of piperidine rings is 1. The highest BCUT2D eigenvalue weighted by molar-refractivity contribution is 7.92. The fraction of sp³-hybridized carbons (Fsp3) is 0.458. The monoisotopic (exact) mass is 459 g/mol. The van der Waals surface area contributed by atoms with Gasteiger partial charge in [-0.2, -0.15) is 0 Å². The molecule has 0 spiro atoms. The average molecular weight is 460 g/mol. The molecule has 1 fully saturated rings. The van der Waals surface area contributed by atoms with Crippen molar-refractivity contribution in [1.29, 1.82) is 0 Å². The number of hydrogen-bond donors (Lipinski definition) is 1. The molecule has 2 atom stereocenters. The van der Waals surface area contributed by atoms with Crippen molar-refractivity contribution in [2.45, 2.75) is 45.3 Å². The molecule has 0 radical (unpaired) electrons. The number of carbonyl (C=O) groups excluding carboxylic acids is 1. The fourth-order valence-corrected chi connectivity index (χ4v) is 4.23. The topological polar surface area (TPSA) is 78.9 Å². The first-order valence-corrected chi connectivity index (χ1v) is 12.9. The van der Waals surface area contributed by atoms with Gasteiger partial charge in [0.25, 0.3) is 5.91 Å². The molecule has 1 aliphatic heterocycles. The summed E-state index contributed by atoms with van der Waals surface area (Å²) >= 11 is 0. The molecule has 0 aromatic heterocycles. The van der Waals surface area contributed by atoms with Gasteiger partial charge in [0.2, 0.25) is 10.0 Å². The van der Waals surface area contributed by atoms with Crippen LogP contribution in [0, 0.1) is 0 Å². The van der Waals surface area contributed by atoms with Crippen LogP contribution in [0.3, 0.4) is 0 Å². The molecule has 2 aromatic rings. The molecule has 1 N–H and O–H groups in total. The van der Waals surface area contributed by atoms with E-state index in [2.05, 4.69) is 34.5 Å². The molecule has 7 nitrogen and oxygen atoms in total. The van der Waals surface area contributed by atoms with Crippen LogP contribution in [-0.2, 0) is 14.8 Å². The van der Waals surface area contributed by atoms with Gasteiger partial charge in [0, 0.05) is 25.8 Å². The van der Waals surface area contributed by atoms with Crippen molar-refractivity contribution < 1.29 is 17.9 Å². The zero-order valence-electron chi connectivity index (χ0n) is 19.2. The van der Waals surface area contributed by atoms with Gasteiger partial charge in [0.1, 0.15) is 5.75 Å². The van der Waals surface area contributed by atoms with Crippen LogP contribution in [0.15, 0.2) is 48.5 Å². The summed E-state index contributed by atoms with van der Waals surface area (Å²) < 4.78 is 30.2. The van der Waals surface area contributed by atoms with Crippen LogP contribution >= 0.6 is 0 Å². The van der Waals surface area contributed by atoms with E-state index in [4.69, 9.17) is 4.74 Å². The van der Waals surface area contributed by atoms with Gasteiger partial charge in [-0.05, 0) is 75.1 Å². The maximum absolute atomic E-state index is 12.6. The number of hydrogen-bond acceptors (Lipinski definition) is 5. The van der Waals surface area contributed by atoms with Crippen molar-refractivity contribution in [3.8, 4) is 5.75 Å². The Bertz CT molecular complexity index is 1000. The van der Waals surface area contributed by atoms with E-state index in [0.29, 0.717) is 11.4 Å². The molecule has 0 unspecified atom stereocenters. The van der Waals surface area contributed by atoms with Crippen LogP contribution in [0.25, 0.3) is 0 Å². The van der Waals surface area contributed by atoms with Crippen LogP contribution in [0.4, 0.5) is 11.4 Å². The van der Waals surface area contributed by atoms with Gasteiger partial charge in [-0.1, -0.05) is 12.1 Å². The molecule has 1 amide bonds. The summed E-state index contributed by atoms with van der Waals surface area (Å²) in [4.78, 5) is 15.0. The average Bonchev–Trinajstić information content (AvgIpc) is 2.79. The van der Waals surface area contributed by atoms with Crippen LogP contribution in [0.2, 0.25) is 0 Å². The summed E-state index contributed by atoms with van der Waals surface area (Å²) in [6.45, 7) is 5.85. The molecule has 32 heavy (non-hydrogen) atoms. The lowest BCUT2D eigenvalue weighted by Gasteiger charge is -2.29. The number of carbonyl (C=O) groups is 1. The SMILES string of the molecule is C[C@H](Oc1ccc(N(C)S(C)(=O)=O)cc1)C(=O)N[C@H](C)c1ccc(N2CCCCC2)cc1. The second-order valence-electron chi connectivity index (χ2n) is 8.35. The van der Waals surface area contributed by atoms with Crippen molar-refractivity contribution in [2.24, 2.45) is 0 Å². The minimum atomic E-state index is -3.33. The van der Waals surface area contributed by atoms with Crippen molar-refractivity contribution in [2.75, 3.05) is 35.6 Å². The number of benzene rings is 2. The molecule has 1 saturated heterocycles. The minimum Gasteiger partial charge on any atom is -0.481 e. The highest BCUT2D eigenvalue weighted by atomic mass is 32.2. The predicted molar refractivity (Wildman–Crippen MR) is 129 cm³/mol. The lowest BCUT2D eigenvalue weighted by atomic mass is 10.1. The normalized spacial score (nSPS) is 16.2. The summed E-state index contributed by atoms with van der Waals surface area (Å²) in [7, 11) is -1.84. The number of amides is 1. The van der Waals surface area contributed by atoms with Gasteiger partial charge in [0.05, 0.1) is 18.0 Å². The van der Waals surface area contributed by atoms with Gasteiger partial charge in [-0.25, -0.2) is 8.42 Å². The first kappa shape index (κ1) is 23.9. The molecule has 174 valence electrons. The van der Waals surface area contributed by atoms with Crippen molar-refractivity contribution in [1.82, 2.24) is 5.32 Å². The third kappa shape index (κ3) is 6.16. The van der Waals surface area contributed by atoms with E-state index in [1.165, 1.54) is 36.3 Å². The van der Waals surface area contributed by atoms with Gasteiger partial charge in [-0.15, -0.1) is 0 Å². The number of rotatable bonds is 8. The Hall–Kier alpha value is -2.74. The number of nitrogens with zero attached hydrogens (tertiary/aromatic N) is 2.